The van der Waals surface area contributed by atoms with Gasteiger partial charge in [0.2, 0.25) is 0 Å². The highest BCUT2D eigenvalue weighted by Gasteiger charge is 2.20. The molecule has 0 fully saturated rings. The minimum atomic E-state index is 0.0892. The Morgan fingerprint density at radius 3 is 1.78 bits per heavy atom. The van der Waals surface area contributed by atoms with E-state index in [-0.39, 0.29) is 17.2 Å². The van der Waals surface area contributed by atoms with Crippen molar-refractivity contribution in [1.29, 1.82) is 0 Å². The SMILES string of the molecule is Cc1ccc(O)c(N(c2cccc(Oc3ccc(C)c(O)c3)c2)c2cc(C)ccc2O)c1. The Balaban J connectivity index is 1.83. The summed E-state index contributed by atoms with van der Waals surface area (Å²) in [4.78, 5) is 1.80. The van der Waals surface area contributed by atoms with Crippen molar-refractivity contribution in [2.24, 2.45) is 0 Å². The summed E-state index contributed by atoms with van der Waals surface area (Å²) in [5, 5.41) is 31.3. The van der Waals surface area contributed by atoms with Crippen molar-refractivity contribution in [2.75, 3.05) is 4.90 Å². The van der Waals surface area contributed by atoms with Crippen molar-refractivity contribution in [1.82, 2.24) is 0 Å². The number of anilines is 3. The van der Waals surface area contributed by atoms with E-state index in [1.807, 2.05) is 69.3 Å². The lowest BCUT2D eigenvalue weighted by molar-refractivity contribution is 0.452. The Labute approximate surface area is 187 Å². The van der Waals surface area contributed by atoms with Crippen LogP contribution < -0.4 is 9.64 Å². The predicted octanol–water partition coefficient (Wildman–Crippen LogP) is 6.99. The van der Waals surface area contributed by atoms with Gasteiger partial charge in [-0.25, -0.2) is 0 Å². The van der Waals surface area contributed by atoms with E-state index in [0.29, 0.717) is 28.6 Å². The highest BCUT2D eigenvalue weighted by Crippen LogP contribution is 2.45. The molecule has 3 N–H and O–H groups in total. The van der Waals surface area contributed by atoms with Gasteiger partial charge in [0.25, 0.3) is 0 Å². The zero-order valence-corrected chi connectivity index (χ0v) is 18.2. The molecule has 0 radical (unpaired) electrons. The van der Waals surface area contributed by atoms with Crippen molar-refractivity contribution in [3.8, 4) is 28.7 Å². The average Bonchev–Trinajstić information content (AvgIpc) is 2.76. The van der Waals surface area contributed by atoms with Crippen LogP contribution in [0.2, 0.25) is 0 Å². The number of benzene rings is 4. The molecule has 0 atom stereocenters. The molecule has 5 heteroatoms. The number of hydrogen-bond donors (Lipinski definition) is 3. The third-order valence-electron chi connectivity index (χ3n) is 5.24. The van der Waals surface area contributed by atoms with E-state index in [9.17, 15) is 15.3 Å². The van der Waals surface area contributed by atoms with E-state index >= 15 is 0 Å². The Morgan fingerprint density at radius 2 is 1.19 bits per heavy atom. The first-order valence-corrected chi connectivity index (χ1v) is 10.3. The molecule has 0 aliphatic carbocycles. The average molecular weight is 428 g/mol. The summed E-state index contributed by atoms with van der Waals surface area (Å²) in [5.41, 5.74) is 4.48. The third-order valence-corrected chi connectivity index (χ3v) is 5.24. The minimum Gasteiger partial charge on any atom is -0.508 e. The largest absolute Gasteiger partial charge is 0.508 e. The van der Waals surface area contributed by atoms with Crippen LogP contribution >= 0.6 is 0 Å². The molecular formula is C27H25NO4. The molecule has 5 nitrogen and oxygen atoms in total. The van der Waals surface area contributed by atoms with Crippen molar-refractivity contribution in [3.05, 3.63) is 95.6 Å². The van der Waals surface area contributed by atoms with Gasteiger partial charge in [-0.3, -0.25) is 0 Å². The molecule has 0 heterocycles. The lowest BCUT2D eigenvalue weighted by atomic mass is 10.1. The molecule has 0 aliphatic rings. The first-order chi connectivity index (χ1) is 15.3. The highest BCUT2D eigenvalue weighted by atomic mass is 16.5. The number of ether oxygens (including phenoxy) is 1. The summed E-state index contributed by atoms with van der Waals surface area (Å²) in [6.45, 7) is 5.71. The third kappa shape index (κ3) is 4.32. The van der Waals surface area contributed by atoms with Gasteiger partial charge in [-0.2, -0.15) is 0 Å². The molecule has 4 aromatic rings. The summed E-state index contributed by atoms with van der Waals surface area (Å²) in [6, 6.07) is 23.2. The summed E-state index contributed by atoms with van der Waals surface area (Å²) in [6.07, 6.45) is 0. The fourth-order valence-electron chi connectivity index (χ4n) is 3.51. The van der Waals surface area contributed by atoms with E-state index in [4.69, 9.17) is 4.74 Å². The van der Waals surface area contributed by atoms with Gasteiger partial charge in [0.05, 0.1) is 17.1 Å². The normalized spacial score (nSPS) is 10.7. The monoisotopic (exact) mass is 427 g/mol. The number of nitrogens with zero attached hydrogens (tertiary/aromatic N) is 1. The number of hydrogen-bond acceptors (Lipinski definition) is 5. The quantitative estimate of drug-likeness (QED) is 0.320. The lowest BCUT2D eigenvalue weighted by Crippen LogP contribution is -2.11. The van der Waals surface area contributed by atoms with Gasteiger partial charge in [0.1, 0.15) is 28.7 Å². The molecule has 0 amide bonds. The van der Waals surface area contributed by atoms with Gasteiger partial charge in [-0.05, 0) is 79.9 Å². The van der Waals surface area contributed by atoms with Crippen molar-refractivity contribution >= 4 is 17.1 Å². The van der Waals surface area contributed by atoms with Crippen LogP contribution in [0, 0.1) is 20.8 Å². The molecule has 0 unspecified atom stereocenters. The lowest BCUT2D eigenvalue weighted by Gasteiger charge is -2.27. The summed E-state index contributed by atoms with van der Waals surface area (Å²) in [7, 11) is 0. The maximum absolute atomic E-state index is 10.7. The second-order valence-corrected chi connectivity index (χ2v) is 7.87. The summed E-state index contributed by atoms with van der Waals surface area (Å²) >= 11 is 0. The van der Waals surface area contributed by atoms with E-state index in [1.165, 1.54) is 0 Å². The number of phenols is 3. The van der Waals surface area contributed by atoms with Crippen LogP contribution in [-0.4, -0.2) is 15.3 Å². The topological polar surface area (TPSA) is 73.2 Å². The van der Waals surface area contributed by atoms with Crippen LogP contribution in [0.3, 0.4) is 0 Å². The highest BCUT2D eigenvalue weighted by molar-refractivity contribution is 5.83. The number of aromatic hydroxyl groups is 3. The smallest absolute Gasteiger partial charge is 0.139 e. The Morgan fingerprint density at radius 1 is 0.594 bits per heavy atom. The Kier molecular flexibility index (Phi) is 5.65. The van der Waals surface area contributed by atoms with Crippen LogP contribution in [-0.2, 0) is 0 Å². The van der Waals surface area contributed by atoms with Gasteiger partial charge >= 0.3 is 0 Å². The molecule has 0 saturated heterocycles. The van der Waals surface area contributed by atoms with Crippen molar-refractivity contribution < 1.29 is 20.1 Å². The maximum atomic E-state index is 10.7. The number of rotatable bonds is 5. The summed E-state index contributed by atoms with van der Waals surface area (Å²) in [5.74, 6) is 1.40. The number of aryl methyl sites for hydroxylation is 3. The van der Waals surface area contributed by atoms with E-state index in [2.05, 4.69) is 0 Å². The molecule has 0 aromatic heterocycles. The molecule has 0 aliphatic heterocycles. The van der Waals surface area contributed by atoms with E-state index in [1.54, 1.807) is 35.2 Å². The summed E-state index contributed by atoms with van der Waals surface area (Å²) < 4.78 is 5.97. The molecule has 0 spiro atoms. The fraction of sp³-hybridized carbons (Fsp3) is 0.111. The Hall–Kier alpha value is -4.12. The van der Waals surface area contributed by atoms with Crippen LogP contribution in [0.5, 0.6) is 28.7 Å². The molecular weight excluding hydrogens is 402 g/mol. The predicted molar refractivity (Wildman–Crippen MR) is 127 cm³/mol. The minimum absolute atomic E-state index is 0.0892. The second-order valence-electron chi connectivity index (χ2n) is 7.87. The molecule has 0 saturated carbocycles. The zero-order valence-electron chi connectivity index (χ0n) is 18.2. The van der Waals surface area contributed by atoms with E-state index in [0.717, 1.165) is 16.7 Å². The zero-order chi connectivity index (χ0) is 22.8. The fourth-order valence-corrected chi connectivity index (χ4v) is 3.51. The van der Waals surface area contributed by atoms with Gasteiger partial charge in [0, 0.05) is 12.1 Å². The first kappa shape index (κ1) is 21.1. The van der Waals surface area contributed by atoms with Gasteiger partial charge in [0.15, 0.2) is 0 Å². The maximum Gasteiger partial charge on any atom is 0.139 e. The van der Waals surface area contributed by atoms with Gasteiger partial charge in [-0.1, -0.05) is 24.3 Å². The standard InChI is InChI=1S/C27H25NO4/c1-17-7-11-25(29)23(13-17)28(24-14-18(2)8-12-26(24)30)20-5-4-6-21(15-20)32-22-10-9-19(3)27(31)16-22/h4-16,29-31H,1-3H3. The molecule has 4 rings (SSSR count). The van der Waals surface area contributed by atoms with Crippen LogP contribution in [0.4, 0.5) is 17.1 Å². The van der Waals surface area contributed by atoms with Gasteiger partial charge < -0.3 is 25.0 Å². The Bertz CT molecular complexity index is 1230. The molecule has 4 aromatic carbocycles. The number of phenolic OH excluding ortho intramolecular Hbond substituents is 3. The van der Waals surface area contributed by atoms with E-state index < -0.39 is 0 Å². The van der Waals surface area contributed by atoms with Crippen LogP contribution in [0.15, 0.2) is 78.9 Å². The molecule has 162 valence electrons. The first-order valence-electron chi connectivity index (χ1n) is 10.3. The second kappa shape index (κ2) is 8.55. The van der Waals surface area contributed by atoms with Crippen molar-refractivity contribution in [2.45, 2.75) is 20.8 Å². The molecule has 32 heavy (non-hydrogen) atoms. The van der Waals surface area contributed by atoms with Crippen molar-refractivity contribution in [3.63, 3.8) is 0 Å². The van der Waals surface area contributed by atoms with Gasteiger partial charge in [-0.15, -0.1) is 0 Å². The molecule has 0 bridgehead atoms. The van der Waals surface area contributed by atoms with Crippen LogP contribution in [0.1, 0.15) is 16.7 Å². The van der Waals surface area contributed by atoms with Crippen LogP contribution in [0.25, 0.3) is 0 Å².